The van der Waals surface area contributed by atoms with Gasteiger partial charge in [0.05, 0.1) is 6.54 Å². The van der Waals surface area contributed by atoms with Crippen molar-refractivity contribution in [2.75, 3.05) is 39.8 Å². The van der Waals surface area contributed by atoms with Gasteiger partial charge >= 0.3 is 0 Å². The van der Waals surface area contributed by atoms with Crippen LogP contribution >= 0.6 is 0 Å². The Morgan fingerprint density at radius 3 is 2.58 bits per heavy atom. The highest BCUT2D eigenvalue weighted by Crippen LogP contribution is 2.20. The van der Waals surface area contributed by atoms with Crippen LogP contribution in [0.15, 0.2) is 35.3 Å². The summed E-state index contributed by atoms with van der Waals surface area (Å²) in [7, 11) is 2.23. The van der Waals surface area contributed by atoms with Crippen molar-refractivity contribution in [1.29, 1.82) is 0 Å². The molecule has 2 aliphatic heterocycles. The fourth-order valence-electron chi connectivity index (χ4n) is 4.12. The molecule has 2 heterocycles. The van der Waals surface area contributed by atoms with E-state index in [4.69, 9.17) is 4.99 Å². The van der Waals surface area contributed by atoms with Crippen molar-refractivity contribution in [3.63, 3.8) is 0 Å². The van der Waals surface area contributed by atoms with E-state index in [0.717, 1.165) is 32.1 Å². The fourth-order valence-corrected chi connectivity index (χ4v) is 4.12. The zero-order valence-electron chi connectivity index (χ0n) is 16.5. The van der Waals surface area contributed by atoms with Crippen LogP contribution < -0.4 is 10.6 Å². The maximum absolute atomic E-state index is 4.91. The highest BCUT2D eigenvalue weighted by atomic mass is 15.2. The molecule has 0 radical (unpaired) electrons. The van der Waals surface area contributed by atoms with Crippen molar-refractivity contribution >= 4 is 5.96 Å². The van der Waals surface area contributed by atoms with Gasteiger partial charge in [-0.25, -0.2) is 0 Å². The van der Waals surface area contributed by atoms with Crippen LogP contribution in [0, 0.1) is 0 Å². The molecular formula is C21H35N5. The molecule has 2 atom stereocenters. The first kappa shape index (κ1) is 19.2. The van der Waals surface area contributed by atoms with Gasteiger partial charge in [0.1, 0.15) is 0 Å². The van der Waals surface area contributed by atoms with E-state index in [9.17, 15) is 0 Å². The summed E-state index contributed by atoms with van der Waals surface area (Å²) in [6, 6.07) is 12.0. The van der Waals surface area contributed by atoms with E-state index in [1.54, 1.807) is 0 Å². The van der Waals surface area contributed by atoms with Crippen molar-refractivity contribution in [3.8, 4) is 0 Å². The predicted octanol–water partition coefficient (Wildman–Crippen LogP) is 2.30. The normalized spacial score (nSPS) is 24.9. The van der Waals surface area contributed by atoms with E-state index in [0.29, 0.717) is 12.1 Å². The molecule has 26 heavy (non-hydrogen) atoms. The largest absolute Gasteiger partial charge is 0.357 e. The number of rotatable bonds is 7. The van der Waals surface area contributed by atoms with Gasteiger partial charge in [0.2, 0.25) is 0 Å². The van der Waals surface area contributed by atoms with E-state index in [1.165, 1.54) is 44.3 Å². The highest BCUT2D eigenvalue weighted by Gasteiger charge is 2.24. The average molecular weight is 358 g/mol. The van der Waals surface area contributed by atoms with Crippen molar-refractivity contribution in [1.82, 2.24) is 20.4 Å². The molecule has 0 aromatic heterocycles. The maximum Gasteiger partial charge on any atom is 0.191 e. The molecule has 0 bridgehead atoms. The Balaban J connectivity index is 1.52. The van der Waals surface area contributed by atoms with Gasteiger partial charge in [0.15, 0.2) is 5.96 Å². The summed E-state index contributed by atoms with van der Waals surface area (Å²) in [5, 5.41) is 6.97. The Morgan fingerprint density at radius 2 is 1.85 bits per heavy atom. The molecule has 1 aromatic rings. The van der Waals surface area contributed by atoms with Gasteiger partial charge in [-0.15, -0.1) is 0 Å². The Kier molecular flexibility index (Phi) is 7.32. The molecule has 2 aliphatic rings. The van der Waals surface area contributed by atoms with Gasteiger partial charge < -0.3 is 15.5 Å². The number of hydrogen-bond donors (Lipinski definition) is 2. The van der Waals surface area contributed by atoms with E-state index in [-0.39, 0.29) is 0 Å². The maximum atomic E-state index is 4.91. The van der Waals surface area contributed by atoms with Crippen LogP contribution in [0.25, 0.3) is 0 Å². The van der Waals surface area contributed by atoms with Gasteiger partial charge in [-0.2, -0.15) is 0 Å². The molecule has 144 valence electrons. The summed E-state index contributed by atoms with van der Waals surface area (Å²) in [5.41, 5.74) is 1.40. The number of nitrogens with one attached hydrogen (secondary N) is 2. The molecule has 0 spiro atoms. The van der Waals surface area contributed by atoms with Crippen LogP contribution in [0.2, 0.25) is 0 Å². The second kappa shape index (κ2) is 9.93. The number of guanidine groups is 1. The number of likely N-dealkylation sites (N-methyl/N-ethyl adjacent to an activating group) is 1. The lowest BCUT2D eigenvalue weighted by Crippen LogP contribution is -2.44. The first-order valence-corrected chi connectivity index (χ1v) is 10.3. The third kappa shape index (κ3) is 5.45. The minimum atomic E-state index is 0.555. The summed E-state index contributed by atoms with van der Waals surface area (Å²) in [4.78, 5) is 9.95. The average Bonchev–Trinajstić information content (AvgIpc) is 3.27. The Bertz CT molecular complexity index is 559. The quantitative estimate of drug-likeness (QED) is 0.580. The van der Waals surface area contributed by atoms with Crippen LogP contribution in [0.1, 0.15) is 38.2 Å². The first-order valence-electron chi connectivity index (χ1n) is 10.3. The van der Waals surface area contributed by atoms with E-state index >= 15 is 0 Å². The fraction of sp³-hybridized carbons (Fsp3) is 0.667. The SMILES string of the molecule is CCNC(=NCC1CCCN1Cc1ccccc1)NCC1CCCN1C. The molecular weight excluding hydrogens is 322 g/mol. The molecule has 0 saturated carbocycles. The summed E-state index contributed by atoms with van der Waals surface area (Å²) < 4.78 is 0. The lowest BCUT2D eigenvalue weighted by atomic mass is 10.2. The van der Waals surface area contributed by atoms with Gasteiger partial charge in [-0.3, -0.25) is 9.89 Å². The third-order valence-corrected chi connectivity index (χ3v) is 5.71. The zero-order valence-corrected chi connectivity index (χ0v) is 16.5. The second-order valence-electron chi connectivity index (χ2n) is 7.63. The molecule has 2 unspecified atom stereocenters. The molecule has 2 N–H and O–H groups in total. The summed E-state index contributed by atoms with van der Waals surface area (Å²) in [6.45, 7) is 8.35. The van der Waals surface area contributed by atoms with Crippen LogP contribution in [0.5, 0.6) is 0 Å². The van der Waals surface area contributed by atoms with Crippen LogP contribution in [-0.2, 0) is 6.54 Å². The minimum Gasteiger partial charge on any atom is -0.357 e. The predicted molar refractivity (Wildman–Crippen MR) is 110 cm³/mol. The van der Waals surface area contributed by atoms with E-state index in [1.807, 2.05) is 0 Å². The Hall–Kier alpha value is -1.59. The Labute approximate surface area is 158 Å². The van der Waals surface area contributed by atoms with Gasteiger partial charge in [-0.05, 0) is 58.3 Å². The summed E-state index contributed by atoms with van der Waals surface area (Å²) in [6.07, 6.45) is 5.13. The number of aliphatic imine (C=N–C) groups is 1. The minimum absolute atomic E-state index is 0.555. The molecule has 0 aliphatic carbocycles. The third-order valence-electron chi connectivity index (χ3n) is 5.71. The topological polar surface area (TPSA) is 42.9 Å². The summed E-state index contributed by atoms with van der Waals surface area (Å²) >= 11 is 0. The molecule has 3 rings (SSSR count). The molecule has 5 nitrogen and oxygen atoms in total. The number of nitrogens with zero attached hydrogens (tertiary/aromatic N) is 3. The van der Waals surface area contributed by atoms with E-state index < -0.39 is 0 Å². The monoisotopic (exact) mass is 357 g/mol. The molecule has 2 fully saturated rings. The van der Waals surface area contributed by atoms with Crippen molar-refractivity contribution in [2.45, 2.75) is 51.2 Å². The molecule has 1 aromatic carbocycles. The highest BCUT2D eigenvalue weighted by molar-refractivity contribution is 5.79. The summed E-state index contributed by atoms with van der Waals surface area (Å²) in [5.74, 6) is 0.972. The molecule has 5 heteroatoms. The van der Waals surface area contributed by atoms with Crippen LogP contribution in [0.4, 0.5) is 0 Å². The second-order valence-corrected chi connectivity index (χ2v) is 7.63. The van der Waals surface area contributed by atoms with Gasteiger partial charge in [0, 0.05) is 31.7 Å². The standard InChI is InChI=1S/C21H35N5/c1-3-22-21(23-15-19-11-7-13-25(19)2)24-16-20-12-8-14-26(20)17-18-9-5-4-6-10-18/h4-6,9-10,19-20H,3,7-8,11-17H2,1-2H3,(H2,22,23,24). The zero-order chi connectivity index (χ0) is 18.2. The molecule has 0 amide bonds. The Morgan fingerprint density at radius 1 is 1.08 bits per heavy atom. The van der Waals surface area contributed by atoms with E-state index in [2.05, 4.69) is 64.7 Å². The van der Waals surface area contributed by atoms with Gasteiger partial charge in [0.25, 0.3) is 0 Å². The van der Waals surface area contributed by atoms with Crippen molar-refractivity contribution < 1.29 is 0 Å². The van der Waals surface area contributed by atoms with Crippen LogP contribution in [0.3, 0.4) is 0 Å². The number of benzene rings is 1. The lowest BCUT2D eigenvalue weighted by Gasteiger charge is -2.24. The first-order chi connectivity index (χ1) is 12.8. The number of likely N-dealkylation sites (tertiary alicyclic amines) is 2. The van der Waals surface area contributed by atoms with Crippen LogP contribution in [-0.4, -0.2) is 67.6 Å². The lowest BCUT2D eigenvalue weighted by molar-refractivity contribution is 0.250. The molecule has 2 saturated heterocycles. The van der Waals surface area contributed by atoms with Crippen molar-refractivity contribution in [3.05, 3.63) is 35.9 Å². The smallest absolute Gasteiger partial charge is 0.191 e. The van der Waals surface area contributed by atoms with Gasteiger partial charge in [-0.1, -0.05) is 30.3 Å². The number of hydrogen-bond acceptors (Lipinski definition) is 3. The van der Waals surface area contributed by atoms with Crippen molar-refractivity contribution in [2.24, 2.45) is 4.99 Å².